The highest BCUT2D eigenvalue weighted by molar-refractivity contribution is 5.93. The van der Waals surface area contributed by atoms with Crippen molar-refractivity contribution >= 4 is 28.9 Å². The summed E-state index contributed by atoms with van der Waals surface area (Å²) >= 11 is 0. The first-order valence-electron chi connectivity index (χ1n) is 9.66. The zero-order valence-corrected chi connectivity index (χ0v) is 17.5. The third-order valence-electron chi connectivity index (χ3n) is 5.16. The number of rotatable bonds is 7. The van der Waals surface area contributed by atoms with Gasteiger partial charge in [0.25, 0.3) is 0 Å². The number of halogens is 1. The maximum absolute atomic E-state index is 13.6. The molecule has 0 saturated carbocycles. The van der Waals surface area contributed by atoms with E-state index in [9.17, 15) is 14.0 Å². The largest absolute Gasteiger partial charge is 0.481 e. The lowest BCUT2D eigenvalue weighted by Crippen LogP contribution is -2.14. The zero-order chi connectivity index (χ0) is 22.0. The second-order valence-electron chi connectivity index (χ2n) is 7.43. The van der Waals surface area contributed by atoms with Gasteiger partial charge in [-0.05, 0) is 62.6 Å². The number of carboxylic acids is 1. The molecule has 0 saturated heterocycles. The Kier molecular flexibility index (Phi) is 6.05. The molecule has 7 nitrogen and oxygen atoms in total. The molecule has 2 heterocycles. The minimum absolute atomic E-state index is 0.105. The number of amides is 1. The summed E-state index contributed by atoms with van der Waals surface area (Å²) in [5, 5.41) is 14.9. The molecule has 1 amide bonds. The normalized spacial score (nSPS) is 11.0. The van der Waals surface area contributed by atoms with Crippen LogP contribution in [-0.4, -0.2) is 26.4 Å². The number of pyridine rings is 1. The summed E-state index contributed by atoms with van der Waals surface area (Å²) in [5.41, 5.74) is 6.45. The number of carbonyl (C=O) groups excluding carboxylic acids is 1. The zero-order valence-electron chi connectivity index (χ0n) is 17.5. The number of hydrogen-bond acceptors (Lipinski definition) is 4. The van der Waals surface area contributed by atoms with Gasteiger partial charge in [0.2, 0.25) is 5.91 Å². The minimum atomic E-state index is -1.02. The van der Waals surface area contributed by atoms with Crippen molar-refractivity contribution in [1.29, 1.82) is 0 Å². The summed E-state index contributed by atoms with van der Waals surface area (Å²) in [6, 6.07) is 4.78. The molecule has 0 radical (unpaired) electrons. The summed E-state index contributed by atoms with van der Waals surface area (Å²) in [5.74, 6) is -1.65. The Bertz CT molecular complexity index is 1110. The summed E-state index contributed by atoms with van der Waals surface area (Å²) in [6.07, 6.45) is 1.43. The van der Waals surface area contributed by atoms with Gasteiger partial charge in [0.05, 0.1) is 23.5 Å². The standard InChI is InChI=1S/C22H25FN4O3/c1-12-7-16(23)8-13(2)18(12)10-24-19-9-17(26-20(28)5-6-21(29)30)11-27-15(4)14(3)25-22(19)27/h7-9,11,24H,5-6,10H2,1-4H3,(H,26,28)(H,29,30). The van der Waals surface area contributed by atoms with Gasteiger partial charge >= 0.3 is 5.97 Å². The van der Waals surface area contributed by atoms with Crippen molar-refractivity contribution in [2.75, 3.05) is 10.6 Å². The van der Waals surface area contributed by atoms with Crippen molar-refractivity contribution < 1.29 is 19.1 Å². The van der Waals surface area contributed by atoms with E-state index >= 15 is 0 Å². The molecule has 3 N–H and O–H groups in total. The first kappa shape index (κ1) is 21.3. The first-order valence-corrected chi connectivity index (χ1v) is 9.66. The number of aryl methyl sites for hydroxylation is 4. The molecule has 0 unspecified atom stereocenters. The Labute approximate surface area is 173 Å². The predicted octanol–water partition coefficient (Wildman–Crippen LogP) is 4.12. The first-order chi connectivity index (χ1) is 14.2. The topological polar surface area (TPSA) is 95.7 Å². The van der Waals surface area contributed by atoms with Crippen molar-refractivity contribution in [3.05, 3.63) is 58.3 Å². The molecule has 8 heteroatoms. The number of benzene rings is 1. The number of nitrogens with one attached hydrogen (secondary N) is 2. The van der Waals surface area contributed by atoms with E-state index in [1.807, 2.05) is 32.1 Å². The summed E-state index contributed by atoms with van der Waals surface area (Å²) in [4.78, 5) is 27.4. The SMILES string of the molecule is Cc1cc(F)cc(C)c1CNc1cc(NC(=O)CCC(=O)O)cn2c(C)c(C)nc12. The predicted molar refractivity (Wildman–Crippen MR) is 113 cm³/mol. The van der Waals surface area contributed by atoms with Gasteiger partial charge in [-0.2, -0.15) is 0 Å². The molecule has 1 aromatic carbocycles. The molecule has 0 aliphatic carbocycles. The highest BCUT2D eigenvalue weighted by Gasteiger charge is 2.14. The molecule has 30 heavy (non-hydrogen) atoms. The molecule has 0 aliphatic heterocycles. The van der Waals surface area contributed by atoms with Crippen LogP contribution in [-0.2, 0) is 16.1 Å². The fourth-order valence-corrected chi connectivity index (χ4v) is 3.42. The number of aromatic nitrogens is 2. The van der Waals surface area contributed by atoms with Crippen LogP contribution < -0.4 is 10.6 Å². The van der Waals surface area contributed by atoms with E-state index in [2.05, 4.69) is 15.6 Å². The van der Waals surface area contributed by atoms with Crippen LogP contribution in [0.15, 0.2) is 24.4 Å². The van der Waals surface area contributed by atoms with E-state index in [1.54, 1.807) is 12.3 Å². The molecule has 0 atom stereocenters. The number of hydrogen-bond donors (Lipinski definition) is 3. The molecule has 3 aromatic rings. The molecule has 0 fully saturated rings. The minimum Gasteiger partial charge on any atom is -0.481 e. The Balaban J connectivity index is 1.92. The van der Waals surface area contributed by atoms with E-state index in [0.717, 1.165) is 28.1 Å². The van der Waals surface area contributed by atoms with Gasteiger partial charge in [0.1, 0.15) is 5.82 Å². The number of fused-ring (bicyclic) bond motifs is 1. The second-order valence-corrected chi connectivity index (χ2v) is 7.43. The molecule has 0 spiro atoms. The van der Waals surface area contributed by atoms with Gasteiger partial charge in [0, 0.05) is 24.9 Å². The van der Waals surface area contributed by atoms with E-state index in [-0.39, 0.29) is 24.6 Å². The molecule has 0 aliphatic rings. The maximum atomic E-state index is 13.6. The van der Waals surface area contributed by atoms with Crippen molar-refractivity contribution in [3.63, 3.8) is 0 Å². The van der Waals surface area contributed by atoms with Crippen LogP contribution in [0.1, 0.15) is 40.9 Å². The van der Waals surface area contributed by atoms with Gasteiger partial charge in [-0.15, -0.1) is 0 Å². The Morgan fingerprint density at radius 2 is 1.77 bits per heavy atom. The summed E-state index contributed by atoms with van der Waals surface area (Å²) in [7, 11) is 0. The molecule has 3 rings (SSSR count). The lowest BCUT2D eigenvalue weighted by molar-refractivity contribution is -0.138. The smallest absolute Gasteiger partial charge is 0.303 e. The van der Waals surface area contributed by atoms with Gasteiger partial charge in [-0.25, -0.2) is 9.37 Å². The fourth-order valence-electron chi connectivity index (χ4n) is 3.42. The third kappa shape index (κ3) is 4.59. The number of carbonyl (C=O) groups is 2. The van der Waals surface area contributed by atoms with Gasteiger partial charge in [0.15, 0.2) is 5.65 Å². The number of imidazole rings is 1. The lowest BCUT2D eigenvalue weighted by atomic mass is 10.0. The highest BCUT2D eigenvalue weighted by Crippen LogP contribution is 2.26. The molecule has 158 valence electrons. The van der Waals surface area contributed by atoms with E-state index in [0.29, 0.717) is 23.6 Å². The van der Waals surface area contributed by atoms with Gasteiger partial charge < -0.3 is 20.1 Å². The molecular formula is C22H25FN4O3. The van der Waals surface area contributed by atoms with Crippen molar-refractivity contribution in [1.82, 2.24) is 9.38 Å². The van der Waals surface area contributed by atoms with Gasteiger partial charge in [-0.1, -0.05) is 0 Å². The number of nitrogens with zero attached hydrogens (tertiary/aromatic N) is 2. The molecule has 0 bridgehead atoms. The third-order valence-corrected chi connectivity index (χ3v) is 5.16. The van der Waals surface area contributed by atoms with Crippen LogP contribution in [0.5, 0.6) is 0 Å². The Hall–Kier alpha value is -3.42. The van der Waals surface area contributed by atoms with Crippen molar-refractivity contribution in [2.24, 2.45) is 0 Å². The average Bonchev–Trinajstić information content (AvgIpc) is 2.94. The Morgan fingerprint density at radius 3 is 2.40 bits per heavy atom. The van der Waals surface area contributed by atoms with Crippen LogP contribution in [0.3, 0.4) is 0 Å². The quantitative estimate of drug-likeness (QED) is 0.542. The second kappa shape index (κ2) is 8.52. The van der Waals surface area contributed by atoms with Crippen LogP contribution in [0, 0.1) is 33.5 Å². The van der Waals surface area contributed by atoms with Crippen molar-refractivity contribution in [2.45, 2.75) is 47.1 Å². The summed E-state index contributed by atoms with van der Waals surface area (Å²) < 4.78 is 15.5. The van der Waals surface area contributed by atoms with Gasteiger partial charge in [-0.3, -0.25) is 9.59 Å². The van der Waals surface area contributed by atoms with E-state index in [4.69, 9.17) is 5.11 Å². The highest BCUT2D eigenvalue weighted by atomic mass is 19.1. The van der Waals surface area contributed by atoms with E-state index < -0.39 is 5.97 Å². The van der Waals surface area contributed by atoms with E-state index in [1.165, 1.54) is 12.1 Å². The average molecular weight is 412 g/mol. The van der Waals surface area contributed by atoms with Crippen LogP contribution >= 0.6 is 0 Å². The molecular weight excluding hydrogens is 387 g/mol. The van der Waals surface area contributed by atoms with Crippen LogP contribution in [0.2, 0.25) is 0 Å². The fraction of sp³-hybridized carbons (Fsp3) is 0.318. The van der Waals surface area contributed by atoms with Crippen LogP contribution in [0.25, 0.3) is 5.65 Å². The van der Waals surface area contributed by atoms with Crippen LogP contribution in [0.4, 0.5) is 15.8 Å². The Morgan fingerprint density at radius 1 is 1.10 bits per heavy atom. The number of anilines is 2. The van der Waals surface area contributed by atoms with Crippen molar-refractivity contribution in [3.8, 4) is 0 Å². The summed E-state index contributed by atoms with van der Waals surface area (Å²) in [6.45, 7) is 8.04. The lowest BCUT2D eigenvalue weighted by Gasteiger charge is -2.15. The maximum Gasteiger partial charge on any atom is 0.303 e. The monoisotopic (exact) mass is 412 g/mol. The molecule has 2 aromatic heterocycles. The number of carboxylic acid groups (broad SMARTS) is 1. The number of aliphatic carboxylic acids is 1.